The molecule has 2 saturated heterocycles. The predicted octanol–water partition coefficient (Wildman–Crippen LogP) is 3.71. The van der Waals surface area contributed by atoms with Crippen LogP contribution in [0.3, 0.4) is 0 Å². The molecule has 0 saturated carbocycles. The molecule has 0 amide bonds. The number of aromatic amines is 1. The van der Waals surface area contributed by atoms with Gasteiger partial charge in [0.15, 0.2) is 5.82 Å². The van der Waals surface area contributed by atoms with Crippen molar-refractivity contribution in [2.24, 2.45) is 0 Å². The highest BCUT2D eigenvalue weighted by Gasteiger charge is 2.47. The van der Waals surface area contributed by atoms with Crippen LogP contribution in [0.1, 0.15) is 28.8 Å². The number of nitrogens with one attached hydrogen (secondary N) is 2. The van der Waals surface area contributed by atoms with Crippen molar-refractivity contribution < 1.29 is 44.8 Å². The molecule has 4 aromatic rings. The van der Waals surface area contributed by atoms with Crippen molar-refractivity contribution in [1.82, 2.24) is 24.6 Å². The number of pyridine rings is 2. The summed E-state index contributed by atoms with van der Waals surface area (Å²) in [6.45, 7) is 2.91. The Balaban J connectivity index is 1.37. The summed E-state index contributed by atoms with van der Waals surface area (Å²) in [5.41, 5.74) is -1.53. The first-order valence-electron chi connectivity index (χ1n) is 14.4. The Bertz CT molecular complexity index is 1940. The minimum absolute atomic E-state index is 0.146. The van der Waals surface area contributed by atoms with Gasteiger partial charge in [-0.25, -0.2) is 23.5 Å². The fraction of sp³-hybridized carbons (Fsp3) is 0.310. The quantitative estimate of drug-likeness (QED) is 0.162. The van der Waals surface area contributed by atoms with Gasteiger partial charge in [0.25, 0.3) is 0 Å². The number of hydrogen-bond acceptors (Lipinski definition) is 9. The third-order valence-electron chi connectivity index (χ3n) is 7.79. The van der Waals surface area contributed by atoms with E-state index in [4.69, 9.17) is 0 Å². The summed E-state index contributed by atoms with van der Waals surface area (Å²) in [7, 11) is -5.10. The van der Waals surface area contributed by atoms with Crippen molar-refractivity contribution in [1.29, 1.82) is 0 Å². The van der Waals surface area contributed by atoms with Crippen molar-refractivity contribution in [2.45, 2.75) is 19.0 Å². The van der Waals surface area contributed by atoms with Gasteiger partial charge in [-0.3, -0.25) is 4.79 Å². The van der Waals surface area contributed by atoms with Crippen molar-refractivity contribution in [2.75, 3.05) is 48.6 Å². The minimum atomic E-state index is -5.66. The smallest absolute Gasteiger partial charge is 0.354 e. The maximum atomic E-state index is 16.0. The molecule has 2 fully saturated rings. The van der Waals surface area contributed by atoms with Gasteiger partial charge >= 0.3 is 22.4 Å². The van der Waals surface area contributed by atoms with Crippen LogP contribution < -0.4 is 14.7 Å². The Morgan fingerprint density at radius 1 is 0.936 bits per heavy atom. The second-order valence-electron chi connectivity index (χ2n) is 10.8. The molecule has 2 N–H and O–H groups in total. The molecule has 2 aliphatic heterocycles. The van der Waals surface area contributed by atoms with Crippen LogP contribution in [-0.2, 0) is 19.8 Å². The summed E-state index contributed by atoms with van der Waals surface area (Å²) in [6, 6.07) is 6.14. The number of piperazine rings is 1. The standard InChI is InChI=1S/C29H26F5N7O5S/c30-21-4-5-22(41(46-28(43)29(32,33)34)47(44,45)40-9-1-2-10-40)25(31)24(21)26(42)20-16-38-27-19(20)13-18(15-37-27)17-3-6-23(36-14-17)39-11-7-35-8-12-39/h3-6,13-16,35H,1-2,7-12H2,(H,37,38). The number of aromatic nitrogens is 3. The lowest BCUT2D eigenvalue weighted by Crippen LogP contribution is -2.46. The Hall–Kier alpha value is -4.68. The van der Waals surface area contributed by atoms with E-state index in [9.17, 15) is 31.2 Å². The molecule has 6 rings (SSSR count). The molecule has 0 unspecified atom stereocenters. The molecule has 3 aromatic heterocycles. The van der Waals surface area contributed by atoms with E-state index < -0.39 is 55.5 Å². The minimum Gasteiger partial charge on any atom is -0.354 e. The van der Waals surface area contributed by atoms with Crippen LogP contribution in [0.25, 0.3) is 22.2 Å². The number of ketones is 1. The average Bonchev–Trinajstić information content (AvgIpc) is 3.75. The van der Waals surface area contributed by atoms with E-state index in [2.05, 4.69) is 30.0 Å². The Morgan fingerprint density at radius 2 is 1.64 bits per heavy atom. The van der Waals surface area contributed by atoms with Crippen LogP contribution in [0.4, 0.5) is 33.5 Å². The first-order valence-corrected chi connectivity index (χ1v) is 15.8. The Labute approximate surface area is 264 Å². The molecule has 0 aliphatic carbocycles. The second kappa shape index (κ2) is 12.5. The molecule has 18 heteroatoms. The molecule has 12 nitrogen and oxygen atoms in total. The number of H-pyrrole nitrogens is 1. The summed E-state index contributed by atoms with van der Waals surface area (Å²) in [6.07, 6.45) is -0.722. The molecule has 0 spiro atoms. The number of rotatable bonds is 8. The van der Waals surface area contributed by atoms with Crippen LogP contribution in [0.5, 0.6) is 0 Å². The van der Waals surface area contributed by atoms with Crippen LogP contribution in [-0.4, -0.2) is 84.9 Å². The second-order valence-corrected chi connectivity index (χ2v) is 12.5. The molecule has 0 atom stereocenters. The molecule has 5 heterocycles. The van der Waals surface area contributed by atoms with E-state index in [0.29, 0.717) is 40.4 Å². The van der Waals surface area contributed by atoms with E-state index in [0.717, 1.165) is 38.2 Å². The highest BCUT2D eigenvalue weighted by atomic mass is 32.2. The van der Waals surface area contributed by atoms with Crippen molar-refractivity contribution in [3.05, 3.63) is 71.7 Å². The van der Waals surface area contributed by atoms with Crippen molar-refractivity contribution in [3.63, 3.8) is 0 Å². The molecular weight excluding hydrogens is 653 g/mol. The number of anilines is 2. The first kappa shape index (κ1) is 32.3. The molecule has 47 heavy (non-hydrogen) atoms. The number of fused-ring (bicyclic) bond motifs is 1. The zero-order chi connectivity index (χ0) is 33.5. The number of alkyl halides is 3. The van der Waals surface area contributed by atoms with Gasteiger partial charge in [0.2, 0.25) is 5.78 Å². The van der Waals surface area contributed by atoms with Gasteiger partial charge in [-0.15, -0.1) is 0 Å². The number of nitrogens with zero attached hydrogens (tertiary/aromatic N) is 5. The summed E-state index contributed by atoms with van der Waals surface area (Å²) in [5, 5.41) is 3.41. The predicted molar refractivity (Wildman–Crippen MR) is 159 cm³/mol. The Kier molecular flexibility index (Phi) is 8.58. The fourth-order valence-electron chi connectivity index (χ4n) is 5.38. The van der Waals surface area contributed by atoms with E-state index in [1.165, 1.54) is 6.20 Å². The summed E-state index contributed by atoms with van der Waals surface area (Å²) >= 11 is 0. The highest BCUT2D eigenvalue weighted by Crippen LogP contribution is 2.34. The number of hydrogen-bond donors (Lipinski definition) is 2. The van der Waals surface area contributed by atoms with Gasteiger partial charge in [0, 0.05) is 79.9 Å². The molecule has 1 aromatic carbocycles. The van der Waals surface area contributed by atoms with E-state index >= 15 is 8.78 Å². The molecular formula is C29H26F5N7O5S. The largest absolute Gasteiger partial charge is 0.493 e. The van der Waals surface area contributed by atoms with Gasteiger partial charge in [0.05, 0.1) is 5.56 Å². The maximum Gasteiger partial charge on any atom is 0.493 e. The lowest BCUT2D eigenvalue weighted by atomic mass is 10.00. The fourth-order valence-corrected chi connectivity index (χ4v) is 6.86. The van der Waals surface area contributed by atoms with Crippen LogP contribution in [0.15, 0.2) is 48.9 Å². The normalized spacial score (nSPS) is 16.1. The SMILES string of the molecule is O=C(c1c(F)ccc(N(OC(=O)C(F)(F)F)S(=O)(=O)N2CCCC2)c1F)c1c[nH]c2ncc(-c3ccc(N4CCNCC4)nc3)cc12. The van der Waals surface area contributed by atoms with Crippen LogP contribution in [0.2, 0.25) is 0 Å². The van der Waals surface area contributed by atoms with Crippen molar-refractivity contribution >= 4 is 44.5 Å². The monoisotopic (exact) mass is 679 g/mol. The van der Waals surface area contributed by atoms with Gasteiger partial charge in [-0.2, -0.15) is 25.9 Å². The maximum absolute atomic E-state index is 16.0. The number of carbonyl (C=O) groups is 2. The lowest BCUT2D eigenvalue weighted by Gasteiger charge is -2.28. The third-order valence-corrected chi connectivity index (χ3v) is 9.50. The molecule has 2 aliphatic rings. The average molecular weight is 680 g/mol. The van der Waals surface area contributed by atoms with Crippen molar-refractivity contribution in [3.8, 4) is 11.1 Å². The summed E-state index contributed by atoms with van der Waals surface area (Å²) < 4.78 is 97.1. The topological polar surface area (TPSA) is 141 Å². The van der Waals surface area contributed by atoms with Crippen LogP contribution in [0, 0.1) is 11.6 Å². The number of halogens is 5. The molecule has 0 radical (unpaired) electrons. The Morgan fingerprint density at radius 3 is 2.30 bits per heavy atom. The summed E-state index contributed by atoms with van der Waals surface area (Å²) in [5.74, 6) is -6.78. The van der Waals surface area contributed by atoms with Gasteiger partial charge < -0.3 is 20.0 Å². The third kappa shape index (κ3) is 6.22. The zero-order valence-corrected chi connectivity index (χ0v) is 25.2. The van der Waals surface area contributed by atoms with E-state index in [1.807, 2.05) is 12.1 Å². The van der Waals surface area contributed by atoms with Crippen LogP contribution >= 0.6 is 0 Å². The molecule has 0 bridgehead atoms. The molecule has 248 valence electrons. The van der Waals surface area contributed by atoms with Gasteiger partial charge in [0.1, 0.15) is 23.0 Å². The zero-order valence-electron chi connectivity index (χ0n) is 24.4. The number of benzene rings is 1. The summed E-state index contributed by atoms with van der Waals surface area (Å²) in [4.78, 5) is 43.2. The number of carbonyl (C=O) groups excluding carboxylic acids is 2. The van der Waals surface area contributed by atoms with E-state index in [1.54, 1.807) is 12.3 Å². The van der Waals surface area contributed by atoms with Gasteiger partial charge in [-0.05, 0) is 43.2 Å². The van der Waals surface area contributed by atoms with E-state index in [-0.39, 0.29) is 29.7 Å². The lowest BCUT2D eigenvalue weighted by molar-refractivity contribution is -0.199. The highest BCUT2D eigenvalue weighted by molar-refractivity contribution is 7.90. The first-order chi connectivity index (χ1) is 22.4. The van der Waals surface area contributed by atoms with Gasteiger partial charge in [-0.1, -0.05) is 4.47 Å².